The average molecular weight is 266 g/mol. The van der Waals surface area contributed by atoms with E-state index in [1.54, 1.807) is 24.9 Å². The van der Waals surface area contributed by atoms with Crippen LogP contribution in [0.5, 0.6) is 5.75 Å². The molecule has 0 aliphatic carbocycles. The van der Waals surface area contributed by atoms with Gasteiger partial charge in [-0.05, 0) is 36.4 Å². The Morgan fingerprint density at radius 3 is 2.76 bits per heavy atom. The first-order chi connectivity index (χ1) is 8.19. The van der Waals surface area contributed by atoms with E-state index in [0.29, 0.717) is 5.02 Å². The summed E-state index contributed by atoms with van der Waals surface area (Å²) >= 11 is 7.52. The van der Waals surface area contributed by atoms with E-state index in [2.05, 4.69) is 0 Å². The van der Waals surface area contributed by atoms with Gasteiger partial charge in [-0.3, -0.25) is 0 Å². The van der Waals surface area contributed by atoms with Crippen molar-refractivity contribution in [3.05, 3.63) is 47.5 Å². The lowest BCUT2D eigenvalue weighted by Gasteiger charge is -2.07. The highest BCUT2D eigenvalue weighted by Crippen LogP contribution is 2.35. The SMILES string of the molecule is COc1cccc(Sc2cc(Cl)ccc2N)c1. The van der Waals surface area contributed by atoms with Gasteiger partial charge in [0.1, 0.15) is 5.75 Å². The minimum atomic E-state index is 0.685. The number of halogens is 1. The second kappa shape index (κ2) is 5.34. The summed E-state index contributed by atoms with van der Waals surface area (Å²) in [4.78, 5) is 2.02. The molecule has 17 heavy (non-hydrogen) atoms. The number of anilines is 1. The molecule has 2 rings (SSSR count). The average Bonchev–Trinajstić information content (AvgIpc) is 2.34. The third-order valence-corrected chi connectivity index (χ3v) is 3.54. The quantitative estimate of drug-likeness (QED) is 0.850. The lowest BCUT2D eigenvalue weighted by molar-refractivity contribution is 0.413. The second-order valence-electron chi connectivity index (χ2n) is 3.46. The summed E-state index contributed by atoms with van der Waals surface area (Å²) in [6.07, 6.45) is 0. The van der Waals surface area contributed by atoms with Crippen molar-refractivity contribution >= 4 is 29.1 Å². The van der Waals surface area contributed by atoms with E-state index < -0.39 is 0 Å². The molecular weight excluding hydrogens is 254 g/mol. The Morgan fingerprint density at radius 2 is 2.00 bits per heavy atom. The molecule has 0 aliphatic rings. The van der Waals surface area contributed by atoms with Crippen LogP contribution in [-0.2, 0) is 0 Å². The van der Waals surface area contributed by atoms with Crippen molar-refractivity contribution < 1.29 is 4.74 Å². The van der Waals surface area contributed by atoms with Crippen molar-refractivity contribution in [3.63, 3.8) is 0 Å². The fourth-order valence-electron chi connectivity index (χ4n) is 1.39. The van der Waals surface area contributed by atoms with Crippen LogP contribution in [0.2, 0.25) is 5.02 Å². The van der Waals surface area contributed by atoms with Crippen molar-refractivity contribution in [2.75, 3.05) is 12.8 Å². The topological polar surface area (TPSA) is 35.2 Å². The zero-order valence-electron chi connectivity index (χ0n) is 9.31. The molecule has 2 aromatic rings. The molecule has 0 spiro atoms. The molecule has 2 aromatic carbocycles. The summed E-state index contributed by atoms with van der Waals surface area (Å²) in [5.41, 5.74) is 6.62. The summed E-state index contributed by atoms with van der Waals surface area (Å²) in [5, 5.41) is 0.685. The number of rotatable bonds is 3. The molecule has 0 atom stereocenters. The van der Waals surface area contributed by atoms with E-state index in [-0.39, 0.29) is 0 Å². The Morgan fingerprint density at radius 1 is 1.18 bits per heavy atom. The van der Waals surface area contributed by atoms with E-state index >= 15 is 0 Å². The lowest BCUT2D eigenvalue weighted by Crippen LogP contribution is -1.88. The molecule has 0 heterocycles. The fourth-order valence-corrected chi connectivity index (χ4v) is 2.57. The summed E-state index contributed by atoms with van der Waals surface area (Å²) in [6.45, 7) is 0. The largest absolute Gasteiger partial charge is 0.497 e. The minimum absolute atomic E-state index is 0.685. The zero-order valence-corrected chi connectivity index (χ0v) is 10.9. The molecule has 0 bridgehead atoms. The second-order valence-corrected chi connectivity index (χ2v) is 5.01. The van der Waals surface area contributed by atoms with Gasteiger partial charge in [-0.2, -0.15) is 0 Å². The number of ether oxygens (including phenoxy) is 1. The van der Waals surface area contributed by atoms with Crippen molar-refractivity contribution in [3.8, 4) is 5.75 Å². The number of benzene rings is 2. The number of hydrogen-bond donors (Lipinski definition) is 1. The molecular formula is C13H12ClNOS. The number of hydrogen-bond acceptors (Lipinski definition) is 3. The zero-order chi connectivity index (χ0) is 12.3. The predicted octanol–water partition coefficient (Wildman–Crippen LogP) is 4.08. The van der Waals surface area contributed by atoms with Crippen LogP contribution < -0.4 is 10.5 Å². The van der Waals surface area contributed by atoms with Gasteiger partial charge in [0, 0.05) is 20.5 Å². The Bertz CT molecular complexity index is 531. The molecule has 4 heteroatoms. The van der Waals surface area contributed by atoms with E-state index in [9.17, 15) is 0 Å². The van der Waals surface area contributed by atoms with E-state index in [0.717, 1.165) is 21.2 Å². The van der Waals surface area contributed by atoms with Gasteiger partial charge >= 0.3 is 0 Å². The van der Waals surface area contributed by atoms with Crippen LogP contribution in [0.4, 0.5) is 5.69 Å². The standard InChI is InChI=1S/C13H12ClNOS/c1-16-10-3-2-4-11(8-10)17-13-7-9(14)5-6-12(13)15/h2-8H,15H2,1H3. The van der Waals surface area contributed by atoms with E-state index in [1.165, 1.54) is 0 Å². The smallest absolute Gasteiger partial charge is 0.119 e. The predicted molar refractivity (Wildman–Crippen MR) is 73.0 cm³/mol. The minimum Gasteiger partial charge on any atom is -0.497 e. The summed E-state index contributed by atoms with van der Waals surface area (Å²) in [7, 11) is 1.65. The molecule has 0 fully saturated rings. The summed E-state index contributed by atoms with van der Waals surface area (Å²) < 4.78 is 5.18. The molecule has 0 aliphatic heterocycles. The van der Waals surface area contributed by atoms with Gasteiger partial charge in [-0.15, -0.1) is 0 Å². The van der Waals surface area contributed by atoms with E-state index in [1.807, 2.05) is 36.4 Å². The monoisotopic (exact) mass is 265 g/mol. The van der Waals surface area contributed by atoms with Crippen molar-refractivity contribution in [1.82, 2.24) is 0 Å². The number of nitrogen functional groups attached to an aromatic ring is 1. The van der Waals surface area contributed by atoms with Crippen LogP contribution in [0, 0.1) is 0 Å². The molecule has 88 valence electrons. The normalized spacial score (nSPS) is 10.2. The van der Waals surface area contributed by atoms with Crippen LogP contribution in [0.15, 0.2) is 52.3 Å². The first kappa shape index (κ1) is 12.1. The first-order valence-electron chi connectivity index (χ1n) is 5.06. The molecule has 0 amide bonds. The van der Waals surface area contributed by atoms with Gasteiger partial charge in [-0.1, -0.05) is 29.4 Å². The number of nitrogens with two attached hydrogens (primary N) is 1. The Labute approximate surface area is 110 Å². The molecule has 0 saturated heterocycles. The highest BCUT2D eigenvalue weighted by Gasteiger charge is 2.04. The first-order valence-corrected chi connectivity index (χ1v) is 6.25. The van der Waals surface area contributed by atoms with Crippen LogP contribution in [0.3, 0.4) is 0 Å². The Balaban J connectivity index is 2.27. The van der Waals surface area contributed by atoms with Gasteiger partial charge in [0.15, 0.2) is 0 Å². The molecule has 2 N–H and O–H groups in total. The van der Waals surface area contributed by atoms with E-state index in [4.69, 9.17) is 22.1 Å². The van der Waals surface area contributed by atoms with Crippen molar-refractivity contribution in [2.45, 2.75) is 9.79 Å². The Hall–Kier alpha value is -1.32. The maximum Gasteiger partial charge on any atom is 0.119 e. The maximum absolute atomic E-state index is 5.95. The van der Waals surface area contributed by atoms with Crippen molar-refractivity contribution in [1.29, 1.82) is 0 Å². The van der Waals surface area contributed by atoms with Crippen LogP contribution >= 0.6 is 23.4 Å². The molecule has 0 saturated carbocycles. The maximum atomic E-state index is 5.95. The molecule has 0 radical (unpaired) electrons. The third-order valence-electron chi connectivity index (χ3n) is 2.24. The summed E-state index contributed by atoms with van der Waals surface area (Å²) in [5.74, 6) is 0.829. The Kier molecular flexibility index (Phi) is 3.82. The van der Waals surface area contributed by atoms with Gasteiger partial charge in [0.25, 0.3) is 0 Å². The highest BCUT2D eigenvalue weighted by atomic mass is 35.5. The molecule has 0 unspecified atom stereocenters. The van der Waals surface area contributed by atoms with Crippen LogP contribution in [0.25, 0.3) is 0 Å². The third kappa shape index (κ3) is 3.08. The molecule has 2 nitrogen and oxygen atoms in total. The van der Waals surface area contributed by atoms with Crippen LogP contribution in [-0.4, -0.2) is 7.11 Å². The highest BCUT2D eigenvalue weighted by molar-refractivity contribution is 7.99. The lowest BCUT2D eigenvalue weighted by atomic mass is 10.3. The van der Waals surface area contributed by atoms with Gasteiger partial charge in [-0.25, -0.2) is 0 Å². The van der Waals surface area contributed by atoms with Crippen LogP contribution in [0.1, 0.15) is 0 Å². The molecule has 0 aromatic heterocycles. The fraction of sp³-hybridized carbons (Fsp3) is 0.0769. The van der Waals surface area contributed by atoms with Gasteiger partial charge < -0.3 is 10.5 Å². The van der Waals surface area contributed by atoms with Crippen molar-refractivity contribution in [2.24, 2.45) is 0 Å². The number of methoxy groups -OCH3 is 1. The van der Waals surface area contributed by atoms with Gasteiger partial charge in [0.05, 0.1) is 7.11 Å². The van der Waals surface area contributed by atoms with Gasteiger partial charge in [0.2, 0.25) is 0 Å². The summed E-state index contributed by atoms with van der Waals surface area (Å²) in [6, 6.07) is 13.3.